The van der Waals surface area contributed by atoms with Gasteiger partial charge in [-0.1, -0.05) is 36.0 Å². The van der Waals surface area contributed by atoms with Crippen LogP contribution in [0.1, 0.15) is 11.1 Å². The number of hydrogen-bond acceptors (Lipinski definition) is 2. The van der Waals surface area contributed by atoms with Crippen molar-refractivity contribution in [2.45, 2.75) is 23.3 Å². The summed E-state index contributed by atoms with van der Waals surface area (Å²) in [5, 5.41) is 9.02. The molecular formula is C14H13FOS. The highest BCUT2D eigenvalue weighted by Crippen LogP contribution is 2.32. The molecule has 0 spiro atoms. The quantitative estimate of drug-likeness (QED) is 0.892. The maximum Gasteiger partial charge on any atom is 0.137 e. The maximum absolute atomic E-state index is 13.5. The van der Waals surface area contributed by atoms with Gasteiger partial charge in [0.15, 0.2) is 0 Å². The first kappa shape index (κ1) is 12.1. The van der Waals surface area contributed by atoms with Gasteiger partial charge in [-0.3, -0.25) is 0 Å². The zero-order valence-electron chi connectivity index (χ0n) is 9.48. The van der Waals surface area contributed by atoms with Crippen LogP contribution in [0, 0.1) is 12.7 Å². The zero-order chi connectivity index (χ0) is 12.3. The second kappa shape index (κ2) is 5.34. The van der Waals surface area contributed by atoms with Crippen molar-refractivity contribution in [2.24, 2.45) is 0 Å². The first-order valence-corrected chi connectivity index (χ1v) is 6.15. The molecule has 0 unspecified atom stereocenters. The first-order valence-electron chi connectivity index (χ1n) is 5.33. The summed E-state index contributed by atoms with van der Waals surface area (Å²) in [7, 11) is 0. The zero-order valence-corrected chi connectivity index (χ0v) is 10.3. The number of benzene rings is 2. The van der Waals surface area contributed by atoms with Gasteiger partial charge < -0.3 is 5.11 Å². The van der Waals surface area contributed by atoms with Gasteiger partial charge in [0.2, 0.25) is 0 Å². The lowest BCUT2D eigenvalue weighted by Gasteiger charge is -2.07. The molecule has 0 aromatic heterocycles. The van der Waals surface area contributed by atoms with Crippen molar-refractivity contribution in [1.82, 2.24) is 0 Å². The average molecular weight is 248 g/mol. The van der Waals surface area contributed by atoms with Gasteiger partial charge >= 0.3 is 0 Å². The molecule has 0 saturated heterocycles. The molecule has 2 rings (SSSR count). The largest absolute Gasteiger partial charge is 0.392 e. The third-order valence-electron chi connectivity index (χ3n) is 2.48. The fourth-order valence-electron chi connectivity index (χ4n) is 1.57. The van der Waals surface area contributed by atoms with Crippen LogP contribution in [0.4, 0.5) is 4.39 Å². The van der Waals surface area contributed by atoms with Crippen molar-refractivity contribution < 1.29 is 9.50 Å². The van der Waals surface area contributed by atoms with E-state index in [4.69, 9.17) is 5.11 Å². The van der Waals surface area contributed by atoms with Crippen LogP contribution >= 0.6 is 11.8 Å². The molecule has 2 aromatic carbocycles. The fraction of sp³-hybridized carbons (Fsp3) is 0.143. The van der Waals surface area contributed by atoms with Crippen molar-refractivity contribution in [2.75, 3.05) is 0 Å². The SMILES string of the molecule is Cc1cc(CO)ccc1Sc1ccccc1F. The molecule has 0 fully saturated rings. The highest BCUT2D eigenvalue weighted by atomic mass is 32.2. The van der Waals surface area contributed by atoms with Crippen molar-refractivity contribution in [3.8, 4) is 0 Å². The Morgan fingerprint density at radius 3 is 2.53 bits per heavy atom. The summed E-state index contributed by atoms with van der Waals surface area (Å²) in [6.45, 7) is 1.99. The molecule has 88 valence electrons. The van der Waals surface area contributed by atoms with E-state index in [1.165, 1.54) is 17.8 Å². The molecule has 0 aliphatic carbocycles. The van der Waals surface area contributed by atoms with Gasteiger partial charge in [-0.15, -0.1) is 0 Å². The van der Waals surface area contributed by atoms with Crippen LogP contribution in [0.25, 0.3) is 0 Å². The monoisotopic (exact) mass is 248 g/mol. The van der Waals surface area contributed by atoms with Gasteiger partial charge in [0.05, 0.1) is 6.61 Å². The minimum Gasteiger partial charge on any atom is -0.392 e. The molecule has 1 nitrogen and oxygen atoms in total. The van der Waals surface area contributed by atoms with Crippen LogP contribution in [-0.4, -0.2) is 5.11 Å². The molecule has 0 atom stereocenters. The van der Waals surface area contributed by atoms with E-state index >= 15 is 0 Å². The highest BCUT2D eigenvalue weighted by molar-refractivity contribution is 7.99. The summed E-state index contributed by atoms with van der Waals surface area (Å²) in [5.74, 6) is -0.205. The Balaban J connectivity index is 2.28. The third kappa shape index (κ3) is 2.87. The van der Waals surface area contributed by atoms with E-state index in [1.54, 1.807) is 12.1 Å². The lowest BCUT2D eigenvalue weighted by atomic mass is 10.1. The third-order valence-corrected chi connectivity index (χ3v) is 3.71. The van der Waals surface area contributed by atoms with Gasteiger partial charge in [0.1, 0.15) is 5.82 Å². The first-order chi connectivity index (χ1) is 8.20. The molecule has 0 radical (unpaired) electrons. The average Bonchev–Trinajstić information content (AvgIpc) is 2.34. The van der Waals surface area contributed by atoms with Crippen molar-refractivity contribution in [1.29, 1.82) is 0 Å². The molecule has 3 heteroatoms. The van der Waals surface area contributed by atoms with Crippen molar-refractivity contribution in [3.05, 3.63) is 59.4 Å². The van der Waals surface area contributed by atoms with Crippen LogP contribution in [-0.2, 0) is 6.61 Å². The highest BCUT2D eigenvalue weighted by Gasteiger charge is 2.05. The lowest BCUT2D eigenvalue weighted by molar-refractivity contribution is 0.281. The van der Waals surface area contributed by atoms with E-state index in [1.807, 2.05) is 31.2 Å². The molecular weight excluding hydrogens is 235 g/mol. The summed E-state index contributed by atoms with van der Waals surface area (Å²) in [6.07, 6.45) is 0. The number of aliphatic hydroxyl groups is 1. The molecule has 2 aromatic rings. The number of rotatable bonds is 3. The number of aliphatic hydroxyl groups excluding tert-OH is 1. The van der Waals surface area contributed by atoms with Crippen LogP contribution in [0.15, 0.2) is 52.3 Å². The van der Waals surface area contributed by atoms with Crippen LogP contribution in [0.3, 0.4) is 0 Å². The molecule has 0 heterocycles. The maximum atomic E-state index is 13.5. The topological polar surface area (TPSA) is 20.2 Å². The minimum absolute atomic E-state index is 0.0332. The van der Waals surface area contributed by atoms with Crippen LogP contribution < -0.4 is 0 Å². The summed E-state index contributed by atoms with van der Waals surface area (Å²) >= 11 is 1.40. The Morgan fingerprint density at radius 2 is 1.88 bits per heavy atom. The smallest absolute Gasteiger partial charge is 0.137 e. The molecule has 0 aliphatic rings. The lowest BCUT2D eigenvalue weighted by Crippen LogP contribution is -1.87. The van der Waals surface area contributed by atoms with Gasteiger partial charge in [0, 0.05) is 9.79 Å². The predicted octanol–water partition coefficient (Wildman–Crippen LogP) is 3.78. The minimum atomic E-state index is -0.205. The molecule has 0 saturated carbocycles. The summed E-state index contributed by atoms with van der Waals surface area (Å²) in [5.41, 5.74) is 1.92. The Hall–Kier alpha value is -1.32. The molecule has 1 N–H and O–H groups in total. The Kier molecular flexibility index (Phi) is 3.82. The molecule has 17 heavy (non-hydrogen) atoms. The number of aryl methyl sites for hydroxylation is 1. The van der Waals surface area contributed by atoms with Crippen LogP contribution in [0.2, 0.25) is 0 Å². The second-order valence-corrected chi connectivity index (χ2v) is 4.87. The summed E-state index contributed by atoms with van der Waals surface area (Å²) in [6, 6.07) is 12.4. The van der Waals surface area contributed by atoms with Crippen LogP contribution in [0.5, 0.6) is 0 Å². The van der Waals surface area contributed by atoms with Gasteiger partial charge in [-0.25, -0.2) is 4.39 Å². The molecule has 0 bridgehead atoms. The van der Waals surface area contributed by atoms with E-state index in [0.717, 1.165) is 16.0 Å². The van der Waals surface area contributed by atoms with E-state index in [2.05, 4.69) is 0 Å². The predicted molar refractivity (Wildman–Crippen MR) is 67.6 cm³/mol. The molecule has 0 amide bonds. The normalized spacial score (nSPS) is 10.5. The van der Waals surface area contributed by atoms with E-state index in [-0.39, 0.29) is 12.4 Å². The number of halogens is 1. The summed E-state index contributed by atoms with van der Waals surface area (Å²) in [4.78, 5) is 1.62. The Labute approximate surface area is 104 Å². The Morgan fingerprint density at radius 1 is 1.12 bits per heavy atom. The van der Waals surface area contributed by atoms with Gasteiger partial charge in [-0.2, -0.15) is 0 Å². The fourth-order valence-corrected chi connectivity index (χ4v) is 2.48. The standard InChI is InChI=1S/C14H13FOS/c1-10-8-11(9-16)6-7-13(10)17-14-5-3-2-4-12(14)15/h2-8,16H,9H2,1H3. The van der Waals surface area contributed by atoms with Crippen molar-refractivity contribution in [3.63, 3.8) is 0 Å². The summed E-state index contributed by atoms with van der Waals surface area (Å²) < 4.78 is 13.5. The second-order valence-electron chi connectivity index (χ2n) is 3.79. The Bertz CT molecular complexity index is 525. The van der Waals surface area contributed by atoms with Gasteiger partial charge in [0.25, 0.3) is 0 Å². The van der Waals surface area contributed by atoms with E-state index in [0.29, 0.717) is 4.90 Å². The van der Waals surface area contributed by atoms with E-state index < -0.39 is 0 Å². The van der Waals surface area contributed by atoms with E-state index in [9.17, 15) is 4.39 Å². The molecule has 0 aliphatic heterocycles. The van der Waals surface area contributed by atoms with Crippen molar-refractivity contribution >= 4 is 11.8 Å². The number of hydrogen-bond donors (Lipinski definition) is 1. The van der Waals surface area contributed by atoms with Gasteiger partial charge in [-0.05, 0) is 36.2 Å².